The number of nitrogens with one attached hydrogen (secondary N) is 1. The molecule has 1 aliphatic rings. The van der Waals surface area contributed by atoms with Crippen molar-refractivity contribution in [2.75, 3.05) is 32.7 Å². The number of benzene rings is 1. The molecule has 2 rings (SSSR count). The third-order valence-electron chi connectivity index (χ3n) is 4.01. The van der Waals surface area contributed by atoms with Crippen molar-refractivity contribution >= 4 is 17.5 Å². The van der Waals surface area contributed by atoms with Gasteiger partial charge in [0.05, 0.1) is 6.54 Å². The molecule has 1 aliphatic heterocycles. The number of hydrogen-bond donors (Lipinski definition) is 1. The summed E-state index contributed by atoms with van der Waals surface area (Å²) in [6.07, 6.45) is 0.944. The first-order valence-corrected chi connectivity index (χ1v) is 8.04. The minimum Gasteiger partial charge on any atom is -0.322 e. The molecule has 5 heteroatoms. The molecule has 116 valence electrons. The highest BCUT2D eigenvalue weighted by Gasteiger charge is 2.31. The maximum Gasteiger partial charge on any atom is 0.238 e. The predicted octanol–water partition coefficient (Wildman–Crippen LogP) is 2.50. The van der Waals surface area contributed by atoms with Crippen molar-refractivity contribution in [2.24, 2.45) is 0 Å². The molecule has 0 saturated carbocycles. The molecule has 1 aromatic rings. The van der Waals surface area contributed by atoms with Gasteiger partial charge < -0.3 is 9.80 Å². The zero-order chi connectivity index (χ0) is 15.2. The van der Waals surface area contributed by atoms with Crippen LogP contribution in [0.1, 0.15) is 32.0 Å². The van der Waals surface area contributed by atoms with Gasteiger partial charge in [0.15, 0.2) is 0 Å². The monoisotopic (exact) mass is 309 g/mol. The van der Waals surface area contributed by atoms with Gasteiger partial charge in [-0.2, -0.15) is 0 Å². The highest BCUT2D eigenvalue weighted by atomic mass is 35.5. The minimum atomic E-state index is -0.0482. The third-order valence-corrected chi connectivity index (χ3v) is 4.25. The molecule has 1 unspecified atom stereocenters. The van der Waals surface area contributed by atoms with Gasteiger partial charge in [0, 0.05) is 11.6 Å². The lowest BCUT2D eigenvalue weighted by Gasteiger charge is -2.26. The van der Waals surface area contributed by atoms with Gasteiger partial charge in [0.1, 0.15) is 6.17 Å². The summed E-state index contributed by atoms with van der Waals surface area (Å²) in [4.78, 5) is 16.4. The summed E-state index contributed by atoms with van der Waals surface area (Å²) in [5.74, 6) is 0.166. The third kappa shape index (κ3) is 4.19. The van der Waals surface area contributed by atoms with Crippen LogP contribution in [0.2, 0.25) is 5.02 Å². The highest BCUT2D eigenvalue weighted by molar-refractivity contribution is 6.30. The molecular formula is C16H24ClN3O. The number of hydrogen-bond acceptors (Lipinski definition) is 3. The van der Waals surface area contributed by atoms with E-state index in [2.05, 4.69) is 24.1 Å². The normalized spacial score (nSPS) is 18.8. The lowest BCUT2D eigenvalue weighted by atomic mass is 10.1. The van der Waals surface area contributed by atoms with Crippen LogP contribution in [-0.4, -0.2) is 48.4 Å². The molecule has 1 saturated heterocycles. The van der Waals surface area contributed by atoms with Gasteiger partial charge in [0.2, 0.25) is 5.91 Å². The first-order chi connectivity index (χ1) is 10.2. The van der Waals surface area contributed by atoms with E-state index in [1.807, 2.05) is 29.2 Å². The minimum absolute atomic E-state index is 0.0482. The van der Waals surface area contributed by atoms with Crippen molar-refractivity contribution < 1.29 is 4.79 Å². The molecule has 0 spiro atoms. The maximum atomic E-state index is 12.1. The molecule has 1 amide bonds. The quantitative estimate of drug-likeness (QED) is 0.840. The molecule has 1 heterocycles. The summed E-state index contributed by atoms with van der Waals surface area (Å²) in [7, 11) is 0. The fraction of sp³-hybridized carbons (Fsp3) is 0.562. The molecule has 0 bridgehead atoms. The smallest absolute Gasteiger partial charge is 0.238 e. The van der Waals surface area contributed by atoms with E-state index in [9.17, 15) is 4.79 Å². The lowest BCUT2D eigenvalue weighted by Crippen LogP contribution is -2.33. The molecule has 1 fully saturated rings. The average Bonchev–Trinajstić information content (AvgIpc) is 2.85. The SMILES string of the molecule is CCN(CC)CCCN1C(=O)CNC1c1cccc(Cl)c1. The van der Waals surface area contributed by atoms with Crippen molar-refractivity contribution in [1.29, 1.82) is 0 Å². The van der Waals surface area contributed by atoms with Gasteiger partial charge in [-0.1, -0.05) is 37.6 Å². The van der Waals surface area contributed by atoms with E-state index in [4.69, 9.17) is 11.6 Å². The van der Waals surface area contributed by atoms with E-state index in [0.29, 0.717) is 11.6 Å². The Morgan fingerprint density at radius 3 is 2.81 bits per heavy atom. The van der Waals surface area contributed by atoms with Crippen LogP contribution in [0, 0.1) is 0 Å². The topological polar surface area (TPSA) is 35.6 Å². The summed E-state index contributed by atoms with van der Waals surface area (Å²) in [5, 5.41) is 3.98. The molecular weight excluding hydrogens is 286 g/mol. The number of halogens is 1. The standard InChI is InChI=1S/C16H24ClN3O/c1-3-19(4-2)9-6-10-20-15(21)12-18-16(20)13-7-5-8-14(17)11-13/h5,7-8,11,16,18H,3-4,6,9-10,12H2,1-2H3. The van der Waals surface area contributed by atoms with E-state index < -0.39 is 0 Å². The Morgan fingerprint density at radius 1 is 1.38 bits per heavy atom. The van der Waals surface area contributed by atoms with Crippen LogP contribution in [0.5, 0.6) is 0 Å². The summed E-state index contributed by atoms with van der Waals surface area (Å²) < 4.78 is 0. The Kier molecular flexibility index (Phi) is 6.03. The van der Waals surface area contributed by atoms with E-state index in [0.717, 1.165) is 38.2 Å². The molecule has 1 aromatic carbocycles. The fourth-order valence-corrected chi connectivity index (χ4v) is 2.97. The van der Waals surface area contributed by atoms with E-state index in [-0.39, 0.29) is 12.1 Å². The van der Waals surface area contributed by atoms with Crippen LogP contribution in [0.15, 0.2) is 24.3 Å². The van der Waals surface area contributed by atoms with Gasteiger partial charge in [0.25, 0.3) is 0 Å². The van der Waals surface area contributed by atoms with E-state index in [1.165, 1.54) is 0 Å². The second-order valence-corrected chi connectivity index (χ2v) is 5.74. The van der Waals surface area contributed by atoms with Gasteiger partial charge >= 0.3 is 0 Å². The Balaban J connectivity index is 1.97. The summed E-state index contributed by atoms with van der Waals surface area (Å²) in [6.45, 7) is 8.66. The van der Waals surface area contributed by atoms with Gasteiger partial charge in [-0.15, -0.1) is 0 Å². The number of amides is 1. The molecule has 0 radical (unpaired) electrons. The van der Waals surface area contributed by atoms with Crippen LogP contribution in [0.4, 0.5) is 0 Å². The van der Waals surface area contributed by atoms with E-state index in [1.54, 1.807) is 0 Å². The second kappa shape index (κ2) is 7.78. The summed E-state index contributed by atoms with van der Waals surface area (Å²) >= 11 is 6.05. The summed E-state index contributed by atoms with van der Waals surface area (Å²) in [5.41, 5.74) is 1.05. The first-order valence-electron chi connectivity index (χ1n) is 7.66. The molecule has 1 N–H and O–H groups in total. The van der Waals surface area contributed by atoms with Crippen LogP contribution in [0.3, 0.4) is 0 Å². The Hall–Kier alpha value is -1.10. The molecule has 4 nitrogen and oxygen atoms in total. The Morgan fingerprint density at radius 2 is 2.14 bits per heavy atom. The number of carbonyl (C=O) groups is 1. The number of carbonyl (C=O) groups excluding carboxylic acids is 1. The molecule has 0 aromatic heterocycles. The van der Waals surface area contributed by atoms with Gasteiger partial charge in [-0.3, -0.25) is 10.1 Å². The lowest BCUT2D eigenvalue weighted by molar-refractivity contribution is -0.128. The highest BCUT2D eigenvalue weighted by Crippen LogP contribution is 2.24. The van der Waals surface area contributed by atoms with Crippen LogP contribution in [0.25, 0.3) is 0 Å². The van der Waals surface area contributed by atoms with Crippen molar-refractivity contribution in [2.45, 2.75) is 26.4 Å². The molecule has 1 atom stereocenters. The summed E-state index contributed by atoms with van der Waals surface area (Å²) in [6, 6.07) is 7.72. The average molecular weight is 310 g/mol. The predicted molar refractivity (Wildman–Crippen MR) is 86.3 cm³/mol. The first kappa shape index (κ1) is 16.3. The molecule has 21 heavy (non-hydrogen) atoms. The fourth-order valence-electron chi connectivity index (χ4n) is 2.77. The Bertz CT molecular complexity index is 476. The second-order valence-electron chi connectivity index (χ2n) is 5.31. The van der Waals surface area contributed by atoms with Crippen LogP contribution < -0.4 is 5.32 Å². The van der Waals surface area contributed by atoms with Crippen LogP contribution in [-0.2, 0) is 4.79 Å². The van der Waals surface area contributed by atoms with Gasteiger partial charge in [-0.05, 0) is 43.8 Å². The maximum absolute atomic E-state index is 12.1. The zero-order valence-corrected chi connectivity index (χ0v) is 13.6. The largest absolute Gasteiger partial charge is 0.322 e. The van der Waals surface area contributed by atoms with Crippen molar-refractivity contribution in [1.82, 2.24) is 15.1 Å². The number of nitrogens with zero attached hydrogens (tertiary/aromatic N) is 2. The van der Waals surface area contributed by atoms with E-state index >= 15 is 0 Å². The Labute approximate surface area is 132 Å². The van der Waals surface area contributed by atoms with Crippen LogP contribution >= 0.6 is 11.6 Å². The van der Waals surface area contributed by atoms with Crippen molar-refractivity contribution in [3.63, 3.8) is 0 Å². The van der Waals surface area contributed by atoms with Gasteiger partial charge in [-0.25, -0.2) is 0 Å². The van der Waals surface area contributed by atoms with Crippen molar-refractivity contribution in [3.05, 3.63) is 34.9 Å². The molecule has 0 aliphatic carbocycles. The van der Waals surface area contributed by atoms with Crippen molar-refractivity contribution in [3.8, 4) is 0 Å². The number of rotatable bonds is 7. The zero-order valence-electron chi connectivity index (χ0n) is 12.8.